The van der Waals surface area contributed by atoms with Gasteiger partial charge in [0, 0.05) is 78.9 Å². The number of likely N-dealkylation sites (tertiary alicyclic amines) is 1. The number of carbonyl (C=O) groups excluding carboxylic acids is 1. The molecule has 52 heavy (non-hydrogen) atoms. The lowest BCUT2D eigenvalue weighted by Gasteiger charge is -2.44. The molecule has 1 atom stereocenters. The molecule has 2 amide bonds. The normalized spacial score (nSPS) is 16.8. The highest BCUT2D eigenvalue weighted by Crippen LogP contribution is 2.42. The average Bonchev–Trinajstić information content (AvgIpc) is 3.52. The summed E-state index contributed by atoms with van der Waals surface area (Å²) in [5.41, 5.74) is 4.58. The minimum Gasteiger partial charge on any atom is -0.481 e. The molecular weight excluding hydrogens is 707 g/mol. The summed E-state index contributed by atoms with van der Waals surface area (Å²) >= 11 is 14.2. The van der Waals surface area contributed by atoms with E-state index in [2.05, 4.69) is 15.2 Å². The van der Waals surface area contributed by atoms with Crippen LogP contribution in [0, 0.1) is 0 Å². The third-order valence-electron chi connectivity index (χ3n) is 9.47. The van der Waals surface area contributed by atoms with Crippen LogP contribution in [0.1, 0.15) is 30.9 Å². The van der Waals surface area contributed by atoms with Gasteiger partial charge < -0.3 is 25.2 Å². The Balaban J connectivity index is 1.15. The molecular formula is C38H36Cl2N6O6. The van der Waals surface area contributed by atoms with Gasteiger partial charge in [-0.3, -0.25) is 18.9 Å². The van der Waals surface area contributed by atoms with E-state index in [0.29, 0.717) is 87.6 Å². The number of β-amino-alcohol motifs (C(OH)–C–C–N with tert-alkyl or cyclic N) is 1. The van der Waals surface area contributed by atoms with Crippen molar-refractivity contribution in [3.63, 3.8) is 0 Å². The molecule has 3 aromatic heterocycles. The van der Waals surface area contributed by atoms with Gasteiger partial charge in [-0.25, -0.2) is 14.8 Å². The van der Waals surface area contributed by atoms with Crippen LogP contribution in [0.15, 0.2) is 77.9 Å². The third kappa shape index (κ3) is 7.07. The maximum atomic E-state index is 13.4. The van der Waals surface area contributed by atoms with Crippen molar-refractivity contribution < 1.29 is 24.5 Å². The van der Waals surface area contributed by atoms with Gasteiger partial charge in [0.25, 0.3) is 5.56 Å². The average molecular weight is 744 g/mol. The molecule has 2 saturated heterocycles. The van der Waals surface area contributed by atoms with Crippen LogP contribution in [-0.2, 0) is 17.9 Å². The van der Waals surface area contributed by atoms with Crippen LogP contribution in [0.2, 0.25) is 10.0 Å². The molecule has 0 spiro atoms. The fourth-order valence-corrected chi connectivity index (χ4v) is 7.63. The molecule has 7 rings (SSSR count). The number of carboxylic acid groups (broad SMARTS) is 1. The lowest BCUT2D eigenvalue weighted by molar-refractivity contribution is -0.119. The largest absolute Gasteiger partial charge is 0.481 e. The van der Waals surface area contributed by atoms with Gasteiger partial charge in [0.05, 0.1) is 40.6 Å². The summed E-state index contributed by atoms with van der Waals surface area (Å²) in [6.45, 7) is 3.50. The number of aromatic nitrogens is 3. The van der Waals surface area contributed by atoms with Crippen LogP contribution in [-0.4, -0.2) is 84.8 Å². The number of nitrogens with zero attached hydrogens (tertiary/aromatic N) is 5. The van der Waals surface area contributed by atoms with Crippen LogP contribution >= 0.6 is 23.2 Å². The summed E-state index contributed by atoms with van der Waals surface area (Å²) in [6, 6.07) is 18.4. The van der Waals surface area contributed by atoms with Crippen LogP contribution in [0.4, 0.5) is 4.79 Å². The van der Waals surface area contributed by atoms with Gasteiger partial charge in [-0.1, -0.05) is 65.7 Å². The van der Waals surface area contributed by atoms with Crippen LogP contribution in [0.25, 0.3) is 39.2 Å². The van der Waals surface area contributed by atoms with E-state index < -0.39 is 17.3 Å². The Morgan fingerprint density at radius 3 is 2.37 bits per heavy atom. The van der Waals surface area contributed by atoms with E-state index in [-0.39, 0.29) is 30.6 Å². The second-order valence-electron chi connectivity index (χ2n) is 13.5. The summed E-state index contributed by atoms with van der Waals surface area (Å²) in [5, 5.41) is 23.6. The Morgan fingerprint density at radius 2 is 1.71 bits per heavy atom. The third-order valence-corrected chi connectivity index (χ3v) is 10.3. The first kappa shape index (κ1) is 35.4. The van der Waals surface area contributed by atoms with Crippen molar-refractivity contribution >= 4 is 40.8 Å². The quantitative estimate of drug-likeness (QED) is 0.163. The second-order valence-corrected chi connectivity index (χ2v) is 14.3. The van der Waals surface area contributed by atoms with E-state index in [1.807, 2.05) is 55.5 Å². The molecule has 5 aromatic rings. The second kappa shape index (κ2) is 14.2. The van der Waals surface area contributed by atoms with Gasteiger partial charge >= 0.3 is 6.09 Å². The van der Waals surface area contributed by atoms with Crippen molar-refractivity contribution in [2.24, 2.45) is 0 Å². The molecule has 0 unspecified atom stereocenters. The summed E-state index contributed by atoms with van der Waals surface area (Å²) in [4.78, 5) is 49.5. The summed E-state index contributed by atoms with van der Waals surface area (Å²) in [5.74, 6) is 0.371. The predicted molar refractivity (Wildman–Crippen MR) is 198 cm³/mol. The highest BCUT2D eigenvalue weighted by atomic mass is 35.5. The van der Waals surface area contributed by atoms with E-state index in [9.17, 15) is 24.6 Å². The predicted octanol–water partition coefficient (Wildman–Crippen LogP) is 5.73. The number of amides is 2. The number of aliphatic hydroxyl groups is 1. The zero-order chi connectivity index (χ0) is 36.7. The highest BCUT2D eigenvalue weighted by Gasteiger charge is 2.36. The molecule has 0 radical (unpaired) electrons. The number of pyridine rings is 2. The molecule has 3 N–H and O–H groups in total. The van der Waals surface area contributed by atoms with Gasteiger partial charge in [-0.05, 0) is 37.1 Å². The first-order valence-corrected chi connectivity index (χ1v) is 17.5. The summed E-state index contributed by atoms with van der Waals surface area (Å²) < 4.78 is 7.01. The molecule has 5 heterocycles. The first-order valence-electron chi connectivity index (χ1n) is 16.7. The van der Waals surface area contributed by atoms with Crippen LogP contribution in [0.5, 0.6) is 5.88 Å². The maximum Gasteiger partial charge on any atom is 0.407 e. The van der Waals surface area contributed by atoms with E-state index in [1.54, 1.807) is 25.4 Å². The SMILES string of the molecule is COc1nc(-c2cccc(-c3cccc(-c4ccn5c(=O)c(CN(C[C@@H]6CCC(=O)N6)C(=O)O)cnc5c4)c3Cl)c2Cl)ccc1CN1CC(C)(O)C1. The van der Waals surface area contributed by atoms with E-state index in [0.717, 1.165) is 10.5 Å². The lowest BCUT2D eigenvalue weighted by atomic mass is 9.96. The molecule has 2 aliphatic rings. The minimum absolute atomic E-state index is 0.0749. The van der Waals surface area contributed by atoms with E-state index >= 15 is 0 Å². The number of methoxy groups -OCH3 is 1. The summed E-state index contributed by atoms with van der Waals surface area (Å²) in [7, 11) is 1.58. The number of rotatable bonds is 10. The number of fused-ring (bicyclic) bond motifs is 1. The Kier molecular flexibility index (Phi) is 9.66. The number of carbonyl (C=O) groups is 2. The molecule has 2 fully saturated rings. The standard InChI is InChI=1S/C38H36Cl2N6O6/c1-38(51)20-44(21-38)17-23-9-11-30(43-35(23)52-2)29-8-4-7-28(34(29)40)27-6-3-5-26(33(27)39)22-13-14-46-31(15-22)41-16-24(36(46)48)18-45(37(49)50)19-25-10-12-32(47)42-25/h3-9,11,13-16,25,51H,10,12,17-21H2,1-2H3,(H,42,47)(H,49,50)/t25-/m0/s1. The number of ether oxygens (including phenoxy) is 1. The zero-order valence-corrected chi connectivity index (χ0v) is 30.0. The van der Waals surface area contributed by atoms with Crippen molar-refractivity contribution in [2.45, 2.75) is 44.5 Å². The minimum atomic E-state index is -1.19. The van der Waals surface area contributed by atoms with Crippen molar-refractivity contribution in [3.05, 3.63) is 105 Å². The van der Waals surface area contributed by atoms with Crippen molar-refractivity contribution in [1.82, 2.24) is 29.5 Å². The van der Waals surface area contributed by atoms with E-state index in [4.69, 9.17) is 32.9 Å². The molecule has 14 heteroatoms. The van der Waals surface area contributed by atoms with E-state index in [1.165, 1.54) is 10.6 Å². The number of hydrogen-bond donors (Lipinski definition) is 3. The van der Waals surface area contributed by atoms with Crippen molar-refractivity contribution in [2.75, 3.05) is 26.7 Å². The molecule has 12 nitrogen and oxygen atoms in total. The smallest absolute Gasteiger partial charge is 0.407 e. The van der Waals surface area contributed by atoms with Gasteiger partial charge in [0.2, 0.25) is 11.8 Å². The number of halogens is 2. The number of nitrogens with one attached hydrogen (secondary N) is 1. The van der Waals surface area contributed by atoms with Gasteiger partial charge in [0.1, 0.15) is 5.65 Å². The molecule has 0 saturated carbocycles. The van der Waals surface area contributed by atoms with Crippen LogP contribution < -0.4 is 15.6 Å². The Labute approximate surface area is 309 Å². The molecule has 0 aliphatic carbocycles. The van der Waals surface area contributed by atoms with Gasteiger partial charge in [-0.2, -0.15) is 0 Å². The molecule has 0 bridgehead atoms. The monoisotopic (exact) mass is 742 g/mol. The maximum absolute atomic E-state index is 13.4. The fourth-order valence-electron chi connectivity index (χ4n) is 6.97. The Hall–Kier alpha value is -5.01. The Morgan fingerprint density at radius 1 is 1.02 bits per heavy atom. The van der Waals surface area contributed by atoms with Crippen LogP contribution in [0.3, 0.4) is 0 Å². The molecule has 2 aromatic carbocycles. The lowest BCUT2D eigenvalue weighted by Crippen LogP contribution is -2.59. The topological polar surface area (TPSA) is 150 Å². The summed E-state index contributed by atoms with van der Waals surface area (Å²) in [6.07, 6.45) is 2.67. The van der Waals surface area contributed by atoms with Gasteiger partial charge in [-0.15, -0.1) is 0 Å². The molecule has 2 aliphatic heterocycles. The molecule has 268 valence electrons. The van der Waals surface area contributed by atoms with Crippen molar-refractivity contribution in [3.8, 4) is 39.4 Å². The van der Waals surface area contributed by atoms with Crippen molar-refractivity contribution in [1.29, 1.82) is 0 Å². The Bertz CT molecular complexity index is 2270. The van der Waals surface area contributed by atoms with Gasteiger partial charge in [0.15, 0.2) is 0 Å². The highest BCUT2D eigenvalue weighted by molar-refractivity contribution is 6.39. The zero-order valence-electron chi connectivity index (χ0n) is 28.5. The fraction of sp³-hybridized carbons (Fsp3) is 0.289. The number of benzene rings is 2. The first-order chi connectivity index (χ1) is 24.9. The number of hydrogen-bond acceptors (Lipinski definition) is 8.